The van der Waals surface area contributed by atoms with Crippen molar-refractivity contribution in [3.63, 3.8) is 0 Å². The highest BCUT2D eigenvalue weighted by Gasteiger charge is 2.27. The third-order valence-electron chi connectivity index (χ3n) is 3.64. The molecule has 0 atom stereocenters. The lowest BCUT2D eigenvalue weighted by Crippen LogP contribution is -2.20. The maximum absolute atomic E-state index is 10.2. The Labute approximate surface area is 109 Å². The van der Waals surface area contributed by atoms with Crippen molar-refractivity contribution in [2.24, 2.45) is 0 Å². The van der Waals surface area contributed by atoms with Crippen molar-refractivity contribution in [2.75, 3.05) is 0 Å². The molecule has 2 rings (SSSR count). The molecule has 1 N–H and O–H groups in total. The molecule has 0 spiro atoms. The molecule has 2 aromatic carbocycles. The van der Waals surface area contributed by atoms with Crippen molar-refractivity contribution in [1.29, 1.82) is 0 Å². The van der Waals surface area contributed by atoms with Gasteiger partial charge in [0.15, 0.2) is 0 Å². The Morgan fingerprint density at radius 1 is 0.889 bits per heavy atom. The second-order valence-electron chi connectivity index (χ2n) is 5.46. The first-order valence-corrected chi connectivity index (χ1v) is 6.29. The predicted molar refractivity (Wildman–Crippen MR) is 76.2 cm³/mol. The van der Waals surface area contributed by atoms with E-state index in [2.05, 4.69) is 45.0 Å². The van der Waals surface area contributed by atoms with Crippen LogP contribution in [0.5, 0.6) is 5.75 Å². The largest absolute Gasteiger partial charge is 0.508 e. The normalized spacial score (nSPS) is 11.6. The van der Waals surface area contributed by atoms with Gasteiger partial charge in [0.2, 0.25) is 0 Å². The summed E-state index contributed by atoms with van der Waals surface area (Å²) in [4.78, 5) is 0. The molecule has 0 heterocycles. The van der Waals surface area contributed by atoms with Gasteiger partial charge in [0, 0.05) is 11.0 Å². The van der Waals surface area contributed by atoms with Crippen molar-refractivity contribution in [2.45, 2.75) is 33.1 Å². The van der Waals surface area contributed by atoms with Gasteiger partial charge in [-0.1, -0.05) is 50.2 Å². The summed E-state index contributed by atoms with van der Waals surface area (Å²) in [6.07, 6.45) is 0. The maximum atomic E-state index is 10.2. The molecule has 0 aliphatic rings. The van der Waals surface area contributed by atoms with Crippen molar-refractivity contribution < 1.29 is 5.11 Å². The van der Waals surface area contributed by atoms with E-state index in [-0.39, 0.29) is 5.41 Å². The van der Waals surface area contributed by atoms with Gasteiger partial charge in [-0.2, -0.15) is 0 Å². The number of aryl methyl sites for hydroxylation is 2. The van der Waals surface area contributed by atoms with Gasteiger partial charge in [-0.05, 0) is 36.6 Å². The summed E-state index contributed by atoms with van der Waals surface area (Å²) < 4.78 is 0. The summed E-state index contributed by atoms with van der Waals surface area (Å²) in [5.41, 5.74) is 4.37. The number of rotatable bonds is 2. The van der Waals surface area contributed by atoms with Gasteiger partial charge in [-0.3, -0.25) is 0 Å². The molecular weight excluding hydrogens is 220 g/mol. The van der Waals surface area contributed by atoms with Gasteiger partial charge in [0.1, 0.15) is 5.75 Å². The lowest BCUT2D eigenvalue weighted by atomic mass is 9.76. The summed E-state index contributed by atoms with van der Waals surface area (Å²) in [5.74, 6) is 0.378. The van der Waals surface area contributed by atoms with Gasteiger partial charge in [-0.25, -0.2) is 0 Å². The monoisotopic (exact) mass is 240 g/mol. The number of aromatic hydroxyl groups is 1. The molecule has 0 amide bonds. The van der Waals surface area contributed by atoms with E-state index in [0.29, 0.717) is 5.75 Å². The zero-order valence-corrected chi connectivity index (χ0v) is 11.5. The first-order chi connectivity index (χ1) is 8.43. The van der Waals surface area contributed by atoms with E-state index in [0.717, 1.165) is 11.1 Å². The Kier molecular flexibility index (Phi) is 3.16. The molecule has 2 aromatic rings. The molecule has 0 aliphatic carbocycles. The van der Waals surface area contributed by atoms with Crippen LogP contribution in [0.25, 0.3) is 0 Å². The van der Waals surface area contributed by atoms with Crippen LogP contribution in [-0.4, -0.2) is 5.11 Å². The minimum atomic E-state index is -0.191. The van der Waals surface area contributed by atoms with E-state index >= 15 is 0 Å². The number of benzene rings is 2. The predicted octanol–water partition coefficient (Wildman–Crippen LogP) is 4.33. The molecule has 0 saturated carbocycles. The first-order valence-electron chi connectivity index (χ1n) is 6.29. The Bertz CT molecular complexity index is 568. The van der Waals surface area contributed by atoms with E-state index < -0.39 is 0 Å². The average Bonchev–Trinajstić information content (AvgIpc) is 2.28. The number of phenolic OH excluding ortho intramolecular Hbond substituents is 1. The molecule has 1 heteroatoms. The molecule has 18 heavy (non-hydrogen) atoms. The smallest absolute Gasteiger partial charge is 0.119 e. The Hall–Kier alpha value is -1.76. The van der Waals surface area contributed by atoms with E-state index in [1.807, 2.05) is 25.1 Å². The highest BCUT2D eigenvalue weighted by molar-refractivity contribution is 5.48. The van der Waals surface area contributed by atoms with Crippen molar-refractivity contribution in [3.8, 4) is 5.75 Å². The Balaban J connectivity index is 2.58. The third-order valence-corrected chi connectivity index (χ3v) is 3.64. The highest BCUT2D eigenvalue weighted by atomic mass is 16.3. The minimum absolute atomic E-state index is 0.191. The molecule has 0 aromatic heterocycles. The molecule has 0 unspecified atom stereocenters. The van der Waals surface area contributed by atoms with E-state index in [1.54, 1.807) is 0 Å². The molecule has 1 nitrogen and oxygen atoms in total. The maximum Gasteiger partial charge on any atom is 0.119 e. The summed E-state index contributed by atoms with van der Waals surface area (Å²) in [6, 6.07) is 14.2. The van der Waals surface area contributed by atoms with Crippen molar-refractivity contribution in [3.05, 3.63) is 64.7 Å². The van der Waals surface area contributed by atoms with Crippen LogP contribution in [0.3, 0.4) is 0 Å². The fraction of sp³-hybridized carbons (Fsp3) is 0.294. The molecule has 0 bridgehead atoms. The number of hydrogen-bond donors (Lipinski definition) is 1. The van der Waals surface area contributed by atoms with E-state index in [4.69, 9.17) is 0 Å². The summed E-state index contributed by atoms with van der Waals surface area (Å²) in [7, 11) is 0. The number of phenols is 1. The molecule has 0 radical (unpaired) electrons. The topological polar surface area (TPSA) is 20.2 Å². The van der Waals surface area contributed by atoms with Crippen LogP contribution >= 0.6 is 0 Å². The fourth-order valence-electron chi connectivity index (χ4n) is 2.59. The molecule has 0 aliphatic heterocycles. The fourth-order valence-corrected chi connectivity index (χ4v) is 2.59. The minimum Gasteiger partial charge on any atom is -0.508 e. The van der Waals surface area contributed by atoms with Gasteiger partial charge < -0.3 is 5.11 Å². The summed E-state index contributed by atoms with van der Waals surface area (Å²) >= 11 is 0. The van der Waals surface area contributed by atoms with Crippen molar-refractivity contribution >= 4 is 0 Å². The van der Waals surface area contributed by atoms with Crippen molar-refractivity contribution in [1.82, 2.24) is 0 Å². The van der Waals surface area contributed by atoms with Crippen LogP contribution in [0.1, 0.15) is 36.1 Å². The van der Waals surface area contributed by atoms with Gasteiger partial charge >= 0.3 is 0 Å². The second kappa shape index (κ2) is 4.49. The Morgan fingerprint density at radius 3 is 2.17 bits per heavy atom. The van der Waals surface area contributed by atoms with Crippen LogP contribution in [0.2, 0.25) is 0 Å². The quantitative estimate of drug-likeness (QED) is 0.828. The lowest BCUT2D eigenvalue weighted by molar-refractivity contribution is 0.452. The molecular formula is C17H20O. The molecule has 94 valence electrons. The van der Waals surface area contributed by atoms with Crippen LogP contribution in [0.4, 0.5) is 0 Å². The highest BCUT2D eigenvalue weighted by Crippen LogP contribution is 2.38. The first kappa shape index (κ1) is 12.7. The van der Waals surface area contributed by atoms with E-state index in [1.165, 1.54) is 11.1 Å². The Morgan fingerprint density at radius 2 is 1.56 bits per heavy atom. The standard InChI is InChI=1S/C17H20O/c1-12-9-10-15(16(18)11-12)17(3,4)14-8-6-5-7-13(14)2/h5-11,18H,1-4H3. The molecule has 0 saturated heterocycles. The zero-order chi connectivity index (χ0) is 13.3. The van der Waals surface area contributed by atoms with Crippen LogP contribution < -0.4 is 0 Å². The van der Waals surface area contributed by atoms with Gasteiger partial charge in [0.25, 0.3) is 0 Å². The zero-order valence-electron chi connectivity index (χ0n) is 11.5. The summed E-state index contributed by atoms with van der Waals surface area (Å²) in [5, 5.41) is 10.2. The molecule has 0 fully saturated rings. The summed E-state index contributed by atoms with van der Waals surface area (Å²) in [6.45, 7) is 8.41. The van der Waals surface area contributed by atoms with Crippen LogP contribution in [0.15, 0.2) is 42.5 Å². The lowest BCUT2D eigenvalue weighted by Gasteiger charge is -2.28. The van der Waals surface area contributed by atoms with Crippen LogP contribution in [-0.2, 0) is 5.41 Å². The van der Waals surface area contributed by atoms with Gasteiger partial charge in [-0.15, -0.1) is 0 Å². The van der Waals surface area contributed by atoms with Crippen LogP contribution in [0, 0.1) is 13.8 Å². The second-order valence-corrected chi connectivity index (χ2v) is 5.46. The van der Waals surface area contributed by atoms with E-state index in [9.17, 15) is 5.11 Å². The average molecular weight is 240 g/mol. The number of hydrogen-bond acceptors (Lipinski definition) is 1. The third kappa shape index (κ3) is 2.13. The SMILES string of the molecule is Cc1ccc(C(C)(C)c2ccccc2C)c(O)c1. The van der Waals surface area contributed by atoms with Gasteiger partial charge in [0.05, 0.1) is 0 Å².